The fourth-order valence-electron chi connectivity index (χ4n) is 2.23. The lowest BCUT2D eigenvalue weighted by atomic mass is 10.2. The first-order valence-corrected chi connectivity index (χ1v) is 6.17. The van der Waals surface area contributed by atoms with E-state index in [0.29, 0.717) is 18.0 Å². The quantitative estimate of drug-likeness (QED) is 0.571. The molecule has 2 amide bonds. The van der Waals surface area contributed by atoms with Crippen molar-refractivity contribution < 1.29 is 9.53 Å². The molecule has 1 unspecified atom stereocenters. The highest BCUT2D eigenvalue weighted by atomic mass is 16.5. The molecule has 1 atom stereocenters. The van der Waals surface area contributed by atoms with Gasteiger partial charge < -0.3 is 20.7 Å². The molecule has 1 saturated heterocycles. The average Bonchev–Trinajstić information content (AvgIpc) is 2.88. The van der Waals surface area contributed by atoms with Crippen molar-refractivity contribution in [2.75, 3.05) is 19.0 Å². The molecule has 2 rings (SSSR count). The molecule has 0 saturated carbocycles. The van der Waals surface area contributed by atoms with Crippen LogP contribution in [0.1, 0.15) is 12.8 Å². The van der Waals surface area contributed by atoms with E-state index in [4.69, 9.17) is 15.9 Å². The molecule has 102 valence electrons. The number of nitrogens with one attached hydrogen (secondary N) is 2. The molecule has 1 heterocycles. The van der Waals surface area contributed by atoms with Crippen molar-refractivity contribution in [1.82, 2.24) is 4.90 Å². The van der Waals surface area contributed by atoms with Crippen LogP contribution in [0.2, 0.25) is 0 Å². The van der Waals surface area contributed by atoms with E-state index < -0.39 is 0 Å². The van der Waals surface area contributed by atoms with Crippen molar-refractivity contribution in [3.63, 3.8) is 0 Å². The number of hydrogen-bond acceptors (Lipinski definition) is 3. The zero-order valence-electron chi connectivity index (χ0n) is 10.8. The lowest BCUT2D eigenvalue weighted by Crippen LogP contribution is -2.45. The number of amides is 2. The predicted octanol–water partition coefficient (Wildman–Crippen LogP) is 1.63. The number of carbonyl (C=O) groups excluding carboxylic acids is 1. The van der Waals surface area contributed by atoms with E-state index in [0.717, 1.165) is 12.8 Å². The summed E-state index contributed by atoms with van der Waals surface area (Å²) in [5.74, 6) is 0.723. The highest BCUT2D eigenvalue weighted by Crippen LogP contribution is 2.21. The van der Waals surface area contributed by atoms with Gasteiger partial charge in [-0.05, 0) is 25.0 Å². The van der Waals surface area contributed by atoms with Gasteiger partial charge >= 0.3 is 6.03 Å². The van der Waals surface area contributed by atoms with Gasteiger partial charge in [0.1, 0.15) is 11.6 Å². The van der Waals surface area contributed by atoms with Crippen LogP contribution in [0.3, 0.4) is 0 Å². The number of rotatable bonds is 3. The smallest absolute Gasteiger partial charge is 0.322 e. The molecule has 6 nitrogen and oxygen atoms in total. The Labute approximate surface area is 112 Å². The Hall–Kier alpha value is -2.24. The lowest BCUT2D eigenvalue weighted by molar-refractivity contribution is 0.216. The van der Waals surface area contributed by atoms with Crippen LogP contribution < -0.4 is 15.8 Å². The molecule has 19 heavy (non-hydrogen) atoms. The number of anilines is 1. The van der Waals surface area contributed by atoms with E-state index >= 15 is 0 Å². The molecule has 4 N–H and O–H groups in total. The maximum Gasteiger partial charge on any atom is 0.322 e. The maximum atomic E-state index is 12.2. The fraction of sp³-hybridized carbons (Fsp3) is 0.385. The van der Waals surface area contributed by atoms with Crippen LogP contribution in [0, 0.1) is 5.41 Å². The summed E-state index contributed by atoms with van der Waals surface area (Å²) in [6.07, 6.45) is 1.62. The van der Waals surface area contributed by atoms with E-state index in [1.807, 2.05) is 6.07 Å². The van der Waals surface area contributed by atoms with Gasteiger partial charge in [0.25, 0.3) is 0 Å². The van der Waals surface area contributed by atoms with Gasteiger partial charge in [0.2, 0.25) is 0 Å². The molecule has 0 spiro atoms. The minimum Gasteiger partial charge on any atom is -0.497 e. The van der Waals surface area contributed by atoms with Crippen LogP contribution in [0.25, 0.3) is 0 Å². The third-order valence-electron chi connectivity index (χ3n) is 3.19. The minimum absolute atomic E-state index is 0.0401. The number of ether oxygens (including phenoxy) is 1. The van der Waals surface area contributed by atoms with Gasteiger partial charge in [0.05, 0.1) is 13.2 Å². The van der Waals surface area contributed by atoms with Crippen LogP contribution in [0.15, 0.2) is 24.3 Å². The number of benzene rings is 1. The second-order valence-corrected chi connectivity index (χ2v) is 4.47. The number of amidine groups is 1. The molecular formula is C13H18N4O2. The summed E-state index contributed by atoms with van der Waals surface area (Å²) >= 11 is 0. The number of nitrogens with zero attached hydrogens (tertiary/aromatic N) is 1. The number of nitrogens with two attached hydrogens (primary N) is 1. The molecule has 0 aromatic heterocycles. The van der Waals surface area contributed by atoms with Crippen LogP contribution >= 0.6 is 0 Å². The fourth-order valence-corrected chi connectivity index (χ4v) is 2.23. The summed E-state index contributed by atoms with van der Waals surface area (Å²) in [6.45, 7) is 0.625. The average molecular weight is 262 g/mol. The summed E-state index contributed by atoms with van der Waals surface area (Å²) < 4.78 is 5.10. The lowest BCUT2D eigenvalue weighted by Gasteiger charge is -2.24. The second kappa shape index (κ2) is 5.60. The maximum absolute atomic E-state index is 12.2. The Kier molecular flexibility index (Phi) is 3.89. The number of likely N-dealkylation sites (tertiary alicyclic amines) is 1. The van der Waals surface area contributed by atoms with Crippen LogP contribution in [0.4, 0.5) is 10.5 Å². The van der Waals surface area contributed by atoms with Crippen molar-refractivity contribution in [1.29, 1.82) is 5.41 Å². The van der Waals surface area contributed by atoms with E-state index in [2.05, 4.69) is 5.32 Å². The molecule has 1 aromatic rings. The van der Waals surface area contributed by atoms with Crippen molar-refractivity contribution in [3.8, 4) is 5.75 Å². The first-order chi connectivity index (χ1) is 9.11. The SMILES string of the molecule is COc1cccc(NC(=O)N2CCCC2C(=N)N)c1. The molecular weight excluding hydrogens is 244 g/mol. The van der Waals surface area contributed by atoms with E-state index in [1.165, 1.54) is 0 Å². The van der Waals surface area contributed by atoms with Gasteiger partial charge in [0.15, 0.2) is 0 Å². The van der Waals surface area contributed by atoms with Gasteiger partial charge in [-0.25, -0.2) is 4.79 Å². The molecule has 1 aliphatic heterocycles. The predicted molar refractivity (Wildman–Crippen MR) is 73.7 cm³/mol. The standard InChI is InChI=1S/C13H18N4O2/c1-19-10-5-2-4-9(8-10)16-13(18)17-7-3-6-11(17)12(14)15/h2,4-5,8,11H,3,6-7H2,1H3,(H3,14,15)(H,16,18). The molecule has 0 bridgehead atoms. The van der Waals surface area contributed by atoms with Crippen molar-refractivity contribution >= 4 is 17.6 Å². The zero-order valence-corrected chi connectivity index (χ0v) is 10.8. The first kappa shape index (κ1) is 13.2. The number of carbonyl (C=O) groups is 1. The van der Waals surface area contributed by atoms with E-state index in [-0.39, 0.29) is 17.9 Å². The topological polar surface area (TPSA) is 91.4 Å². The third-order valence-corrected chi connectivity index (χ3v) is 3.19. The zero-order chi connectivity index (χ0) is 13.8. The number of hydrogen-bond donors (Lipinski definition) is 3. The Morgan fingerprint density at radius 3 is 3.05 bits per heavy atom. The molecule has 6 heteroatoms. The summed E-state index contributed by atoms with van der Waals surface area (Å²) in [4.78, 5) is 13.8. The summed E-state index contributed by atoms with van der Waals surface area (Å²) in [5, 5.41) is 10.3. The highest BCUT2D eigenvalue weighted by molar-refractivity contribution is 5.94. The molecule has 0 aliphatic carbocycles. The van der Waals surface area contributed by atoms with Crippen molar-refractivity contribution in [2.45, 2.75) is 18.9 Å². The van der Waals surface area contributed by atoms with E-state index in [9.17, 15) is 4.79 Å². The Bertz CT molecular complexity index is 489. The normalized spacial score (nSPS) is 18.2. The molecule has 0 radical (unpaired) electrons. The summed E-state index contributed by atoms with van der Waals surface area (Å²) in [5.41, 5.74) is 6.17. The first-order valence-electron chi connectivity index (χ1n) is 6.17. The van der Waals surface area contributed by atoms with Crippen LogP contribution in [-0.4, -0.2) is 36.5 Å². The summed E-state index contributed by atoms with van der Waals surface area (Å²) in [6, 6.07) is 6.64. The molecule has 1 aliphatic rings. The molecule has 1 aromatic carbocycles. The van der Waals surface area contributed by atoms with Crippen LogP contribution in [0.5, 0.6) is 5.75 Å². The monoisotopic (exact) mass is 262 g/mol. The second-order valence-electron chi connectivity index (χ2n) is 4.47. The summed E-state index contributed by atoms with van der Waals surface area (Å²) in [7, 11) is 1.58. The van der Waals surface area contributed by atoms with Crippen molar-refractivity contribution in [2.24, 2.45) is 5.73 Å². The molecule has 1 fully saturated rings. The van der Waals surface area contributed by atoms with Gasteiger partial charge in [0, 0.05) is 18.3 Å². The largest absolute Gasteiger partial charge is 0.497 e. The highest BCUT2D eigenvalue weighted by Gasteiger charge is 2.30. The van der Waals surface area contributed by atoms with Crippen LogP contribution in [-0.2, 0) is 0 Å². The van der Waals surface area contributed by atoms with Gasteiger partial charge in [-0.3, -0.25) is 5.41 Å². The van der Waals surface area contributed by atoms with Gasteiger partial charge in [-0.15, -0.1) is 0 Å². The number of urea groups is 1. The Balaban J connectivity index is 2.06. The van der Waals surface area contributed by atoms with Gasteiger partial charge in [-0.2, -0.15) is 0 Å². The van der Waals surface area contributed by atoms with Gasteiger partial charge in [-0.1, -0.05) is 6.07 Å². The number of methoxy groups -OCH3 is 1. The Morgan fingerprint density at radius 1 is 1.58 bits per heavy atom. The third kappa shape index (κ3) is 2.96. The van der Waals surface area contributed by atoms with E-state index in [1.54, 1.807) is 30.2 Å². The Morgan fingerprint density at radius 2 is 2.37 bits per heavy atom. The van der Waals surface area contributed by atoms with Crippen molar-refractivity contribution in [3.05, 3.63) is 24.3 Å². The minimum atomic E-state index is -0.286.